The SMILES string of the molecule is c1cc(CNC2CCN(C3CC3)CC2)c2ccncc2c1. The van der Waals surface area contributed by atoms with Crippen molar-refractivity contribution in [3.8, 4) is 0 Å². The molecule has 1 saturated heterocycles. The Morgan fingerprint density at radius 3 is 2.76 bits per heavy atom. The van der Waals surface area contributed by atoms with Crippen LogP contribution in [0.1, 0.15) is 31.2 Å². The van der Waals surface area contributed by atoms with Crippen LogP contribution in [0.5, 0.6) is 0 Å². The first kappa shape index (κ1) is 13.2. The summed E-state index contributed by atoms with van der Waals surface area (Å²) in [5, 5.41) is 6.33. The van der Waals surface area contributed by atoms with Gasteiger partial charge in [-0.05, 0) is 55.8 Å². The maximum atomic E-state index is 4.21. The fourth-order valence-electron chi connectivity index (χ4n) is 3.51. The van der Waals surface area contributed by atoms with Crippen molar-refractivity contribution >= 4 is 10.8 Å². The molecule has 21 heavy (non-hydrogen) atoms. The first-order chi connectivity index (χ1) is 10.4. The van der Waals surface area contributed by atoms with Gasteiger partial charge in [-0.25, -0.2) is 0 Å². The number of aromatic nitrogens is 1. The fraction of sp³-hybridized carbons (Fsp3) is 0.500. The highest BCUT2D eigenvalue weighted by atomic mass is 15.2. The summed E-state index contributed by atoms with van der Waals surface area (Å²) >= 11 is 0. The molecule has 2 aromatic rings. The van der Waals surface area contributed by atoms with Gasteiger partial charge >= 0.3 is 0 Å². The van der Waals surface area contributed by atoms with Crippen molar-refractivity contribution in [3.63, 3.8) is 0 Å². The predicted octanol–water partition coefficient (Wildman–Crippen LogP) is 2.95. The van der Waals surface area contributed by atoms with Gasteiger partial charge in [0.1, 0.15) is 0 Å². The second-order valence-electron chi connectivity index (χ2n) is 6.44. The fourth-order valence-corrected chi connectivity index (χ4v) is 3.51. The van der Waals surface area contributed by atoms with Crippen molar-refractivity contribution in [2.75, 3.05) is 13.1 Å². The van der Waals surface area contributed by atoms with E-state index >= 15 is 0 Å². The quantitative estimate of drug-likeness (QED) is 0.934. The molecule has 3 heteroatoms. The van der Waals surface area contributed by atoms with Gasteiger partial charge in [0.15, 0.2) is 0 Å². The lowest BCUT2D eigenvalue weighted by molar-refractivity contribution is 0.189. The lowest BCUT2D eigenvalue weighted by Crippen LogP contribution is -2.43. The van der Waals surface area contributed by atoms with Gasteiger partial charge in [0.05, 0.1) is 0 Å². The van der Waals surface area contributed by atoms with Crippen LogP contribution in [-0.4, -0.2) is 35.1 Å². The van der Waals surface area contributed by atoms with E-state index in [1.54, 1.807) is 0 Å². The molecule has 0 amide bonds. The zero-order valence-electron chi connectivity index (χ0n) is 12.5. The zero-order valence-corrected chi connectivity index (χ0v) is 12.5. The van der Waals surface area contributed by atoms with Crippen molar-refractivity contribution < 1.29 is 0 Å². The lowest BCUT2D eigenvalue weighted by Gasteiger charge is -2.32. The molecule has 1 N–H and O–H groups in total. The van der Waals surface area contributed by atoms with E-state index in [0.29, 0.717) is 6.04 Å². The van der Waals surface area contributed by atoms with Crippen LogP contribution in [0.2, 0.25) is 0 Å². The van der Waals surface area contributed by atoms with Gasteiger partial charge in [-0.2, -0.15) is 0 Å². The van der Waals surface area contributed by atoms with Gasteiger partial charge in [0, 0.05) is 36.4 Å². The van der Waals surface area contributed by atoms with E-state index < -0.39 is 0 Å². The predicted molar refractivity (Wildman–Crippen MR) is 86.2 cm³/mol. The number of likely N-dealkylation sites (tertiary alicyclic amines) is 1. The third-order valence-electron chi connectivity index (χ3n) is 4.95. The Morgan fingerprint density at radius 2 is 1.95 bits per heavy atom. The molecular formula is C18H23N3. The molecule has 1 aromatic heterocycles. The van der Waals surface area contributed by atoms with Gasteiger partial charge in [-0.1, -0.05) is 18.2 Å². The Bertz CT molecular complexity index is 607. The first-order valence-electron chi connectivity index (χ1n) is 8.19. The van der Waals surface area contributed by atoms with Gasteiger partial charge in [-0.15, -0.1) is 0 Å². The average Bonchev–Trinajstić information content (AvgIpc) is 3.38. The molecule has 0 spiro atoms. The summed E-state index contributed by atoms with van der Waals surface area (Å²) in [7, 11) is 0. The molecule has 0 atom stereocenters. The standard InChI is InChI=1S/C18H23N3/c1-2-14-12-19-9-6-18(14)15(3-1)13-20-16-7-10-21(11-8-16)17-4-5-17/h1-3,6,9,12,16-17,20H,4-5,7-8,10-11,13H2. The summed E-state index contributed by atoms with van der Waals surface area (Å²) in [4.78, 5) is 6.89. The maximum absolute atomic E-state index is 4.21. The molecule has 1 aliphatic heterocycles. The number of rotatable bonds is 4. The Balaban J connectivity index is 1.37. The van der Waals surface area contributed by atoms with Gasteiger partial charge < -0.3 is 10.2 Å². The second-order valence-corrected chi connectivity index (χ2v) is 6.44. The summed E-state index contributed by atoms with van der Waals surface area (Å²) in [5.74, 6) is 0. The monoisotopic (exact) mass is 281 g/mol. The molecule has 3 nitrogen and oxygen atoms in total. The molecule has 110 valence electrons. The third kappa shape index (κ3) is 2.94. The van der Waals surface area contributed by atoms with Crippen molar-refractivity contribution in [2.45, 2.75) is 44.3 Å². The number of nitrogens with zero attached hydrogens (tertiary/aromatic N) is 2. The average molecular weight is 281 g/mol. The van der Waals surface area contributed by atoms with Gasteiger partial charge in [0.25, 0.3) is 0 Å². The molecule has 2 aliphatic rings. The summed E-state index contributed by atoms with van der Waals surface area (Å²) in [6, 6.07) is 10.2. The van der Waals surface area contributed by atoms with E-state index in [-0.39, 0.29) is 0 Å². The molecule has 1 saturated carbocycles. The van der Waals surface area contributed by atoms with Crippen molar-refractivity contribution in [2.24, 2.45) is 0 Å². The first-order valence-corrected chi connectivity index (χ1v) is 8.19. The number of benzene rings is 1. The Hall–Kier alpha value is -1.45. The van der Waals surface area contributed by atoms with Crippen LogP contribution >= 0.6 is 0 Å². The third-order valence-corrected chi connectivity index (χ3v) is 4.95. The summed E-state index contributed by atoms with van der Waals surface area (Å²) < 4.78 is 0. The molecule has 0 bridgehead atoms. The number of hydrogen-bond donors (Lipinski definition) is 1. The van der Waals surface area contributed by atoms with E-state index in [0.717, 1.165) is 12.6 Å². The van der Waals surface area contributed by atoms with Crippen LogP contribution in [-0.2, 0) is 6.54 Å². The Labute approximate surface area is 126 Å². The van der Waals surface area contributed by atoms with E-state index in [4.69, 9.17) is 0 Å². The molecular weight excluding hydrogens is 258 g/mol. The zero-order chi connectivity index (χ0) is 14.1. The minimum atomic E-state index is 0.678. The summed E-state index contributed by atoms with van der Waals surface area (Å²) in [6.07, 6.45) is 9.29. The van der Waals surface area contributed by atoms with E-state index in [2.05, 4.69) is 39.5 Å². The van der Waals surface area contributed by atoms with Crippen LogP contribution in [0.15, 0.2) is 36.7 Å². The summed E-state index contributed by atoms with van der Waals surface area (Å²) in [5.41, 5.74) is 1.39. The number of piperidine rings is 1. The van der Waals surface area contributed by atoms with Crippen LogP contribution in [0.3, 0.4) is 0 Å². The number of hydrogen-bond acceptors (Lipinski definition) is 3. The van der Waals surface area contributed by atoms with Gasteiger partial charge in [-0.3, -0.25) is 4.98 Å². The summed E-state index contributed by atoms with van der Waals surface area (Å²) in [6.45, 7) is 3.53. The van der Waals surface area contributed by atoms with Gasteiger partial charge in [0.2, 0.25) is 0 Å². The van der Waals surface area contributed by atoms with E-state index in [9.17, 15) is 0 Å². The van der Waals surface area contributed by atoms with E-state index in [1.807, 2.05) is 12.4 Å². The van der Waals surface area contributed by atoms with Crippen LogP contribution in [0.4, 0.5) is 0 Å². The highest BCUT2D eigenvalue weighted by Crippen LogP contribution is 2.29. The highest BCUT2D eigenvalue weighted by molar-refractivity contribution is 5.84. The second kappa shape index (κ2) is 5.74. The maximum Gasteiger partial charge on any atom is 0.0346 e. The van der Waals surface area contributed by atoms with E-state index in [1.165, 1.54) is 55.1 Å². The number of pyridine rings is 1. The van der Waals surface area contributed by atoms with Crippen LogP contribution in [0.25, 0.3) is 10.8 Å². The molecule has 0 unspecified atom stereocenters. The molecule has 1 aromatic carbocycles. The molecule has 2 heterocycles. The topological polar surface area (TPSA) is 28.2 Å². The minimum Gasteiger partial charge on any atom is -0.310 e. The van der Waals surface area contributed by atoms with Crippen molar-refractivity contribution in [1.29, 1.82) is 0 Å². The lowest BCUT2D eigenvalue weighted by atomic mass is 10.0. The van der Waals surface area contributed by atoms with Crippen molar-refractivity contribution in [3.05, 3.63) is 42.2 Å². The van der Waals surface area contributed by atoms with Crippen LogP contribution < -0.4 is 5.32 Å². The van der Waals surface area contributed by atoms with Crippen LogP contribution in [0, 0.1) is 0 Å². The minimum absolute atomic E-state index is 0.678. The molecule has 2 fully saturated rings. The number of fused-ring (bicyclic) bond motifs is 1. The van der Waals surface area contributed by atoms with Crippen molar-refractivity contribution in [1.82, 2.24) is 15.2 Å². The normalized spacial score (nSPS) is 21.0. The molecule has 1 aliphatic carbocycles. The molecule has 0 radical (unpaired) electrons. The number of nitrogens with one attached hydrogen (secondary N) is 1. The highest BCUT2D eigenvalue weighted by Gasteiger charge is 2.31. The Kier molecular flexibility index (Phi) is 3.62. The molecule has 4 rings (SSSR count). The largest absolute Gasteiger partial charge is 0.310 e. The Morgan fingerprint density at radius 1 is 1.10 bits per heavy atom. The smallest absolute Gasteiger partial charge is 0.0346 e.